The van der Waals surface area contributed by atoms with E-state index < -0.39 is 33.9 Å². The number of amides is 1. The molecular weight excluding hydrogens is 474 g/mol. The Morgan fingerprint density at radius 1 is 1.17 bits per heavy atom. The van der Waals surface area contributed by atoms with Gasteiger partial charge < -0.3 is 21.5 Å². The smallest absolute Gasteiger partial charge is 0.306 e. The quantitative estimate of drug-likeness (QED) is 0.158. The van der Waals surface area contributed by atoms with E-state index in [9.17, 15) is 27.9 Å². The van der Waals surface area contributed by atoms with Crippen molar-refractivity contribution in [2.24, 2.45) is 22.4 Å². The number of carbonyl (C=O) groups is 3. The zero-order chi connectivity index (χ0) is 25.6. The number of benzene rings is 2. The van der Waals surface area contributed by atoms with Gasteiger partial charge in [-0.15, -0.1) is 0 Å². The fourth-order valence-electron chi connectivity index (χ4n) is 4.19. The highest BCUT2D eigenvalue weighted by Crippen LogP contribution is 2.25. The van der Waals surface area contributed by atoms with E-state index in [1.165, 1.54) is 11.0 Å². The Bertz CT molecular complexity index is 1230. The number of nitrogens with one attached hydrogen (secondary N) is 1. The maximum absolute atomic E-state index is 13.3. The lowest BCUT2D eigenvalue weighted by atomic mass is 9.96. The van der Waals surface area contributed by atoms with Crippen molar-refractivity contribution in [3.63, 3.8) is 0 Å². The first-order valence-corrected chi connectivity index (χ1v) is 12.7. The van der Waals surface area contributed by atoms with Crippen LogP contribution in [0.25, 0.3) is 10.8 Å². The van der Waals surface area contributed by atoms with Crippen LogP contribution >= 0.6 is 0 Å². The Hall–Kier alpha value is -3.51. The fourth-order valence-corrected chi connectivity index (χ4v) is 5.60. The fraction of sp³-hybridized carbons (Fsp3) is 0.391. The van der Waals surface area contributed by atoms with Gasteiger partial charge in [-0.2, -0.15) is 4.72 Å². The van der Waals surface area contributed by atoms with Gasteiger partial charge in [0.25, 0.3) is 0 Å². The summed E-state index contributed by atoms with van der Waals surface area (Å²) in [6, 6.07) is 8.71. The summed E-state index contributed by atoms with van der Waals surface area (Å²) in [5, 5.41) is 10.4. The molecule has 0 radical (unpaired) electrons. The number of sulfonamides is 1. The molecule has 0 aromatic heterocycles. The molecule has 1 saturated heterocycles. The molecule has 0 saturated carbocycles. The largest absolute Gasteiger partial charge is 0.481 e. The summed E-state index contributed by atoms with van der Waals surface area (Å²) in [5.41, 5.74) is 10.7. The van der Waals surface area contributed by atoms with E-state index in [2.05, 4.69) is 9.71 Å². The number of aliphatic carboxylic acids is 1. The van der Waals surface area contributed by atoms with Gasteiger partial charge in [0.2, 0.25) is 15.9 Å². The molecule has 6 N–H and O–H groups in total. The number of carbonyl (C=O) groups excluding carboxylic acids is 2. The average molecular weight is 504 g/mol. The normalized spacial score (nSPS) is 15.5. The molecule has 1 atom stereocenters. The van der Waals surface area contributed by atoms with Crippen molar-refractivity contribution in [2.45, 2.75) is 36.6 Å². The molecule has 0 spiro atoms. The van der Waals surface area contributed by atoms with Gasteiger partial charge in [0.15, 0.2) is 12.2 Å². The number of hydrogen-bond donors (Lipinski definition) is 4. The standard InChI is InChI=1S/C23H29N5O6S/c24-23(25)26-11-3-6-19(21(30)28-12-9-16(10-13-28)22(31)32)27-35(33,34)20-8-7-15-4-1-2-5-17(15)18(20)14-29/h1-2,4-5,7-8,14,16,19,27H,3,6,9-13H2,(H,31,32)(H4,24,25,26)/t19-/m0/s1. The molecule has 12 heteroatoms. The summed E-state index contributed by atoms with van der Waals surface area (Å²) in [7, 11) is -4.26. The second kappa shape index (κ2) is 11.3. The summed E-state index contributed by atoms with van der Waals surface area (Å²) in [5.74, 6) is -2.03. The van der Waals surface area contributed by atoms with Crippen molar-refractivity contribution in [3.8, 4) is 0 Å². The van der Waals surface area contributed by atoms with Crippen molar-refractivity contribution in [1.82, 2.24) is 9.62 Å². The van der Waals surface area contributed by atoms with Gasteiger partial charge >= 0.3 is 5.97 Å². The van der Waals surface area contributed by atoms with Gasteiger partial charge in [-0.3, -0.25) is 19.4 Å². The van der Waals surface area contributed by atoms with Crippen LogP contribution < -0.4 is 16.2 Å². The molecule has 1 fully saturated rings. The Labute approximate surface area is 203 Å². The molecule has 0 unspecified atom stereocenters. The molecule has 0 bridgehead atoms. The number of guanidine groups is 1. The molecule has 1 amide bonds. The number of likely N-dealkylation sites (tertiary alicyclic amines) is 1. The number of nitrogens with zero attached hydrogens (tertiary/aromatic N) is 2. The lowest BCUT2D eigenvalue weighted by Crippen LogP contribution is -2.51. The van der Waals surface area contributed by atoms with E-state index in [-0.39, 0.29) is 55.3 Å². The third-order valence-corrected chi connectivity index (χ3v) is 7.56. The Morgan fingerprint density at radius 2 is 1.86 bits per heavy atom. The third-order valence-electron chi connectivity index (χ3n) is 6.03. The number of nitrogens with two attached hydrogens (primary N) is 2. The van der Waals surface area contributed by atoms with E-state index in [0.717, 1.165) is 0 Å². The molecule has 1 aliphatic rings. The van der Waals surface area contributed by atoms with E-state index in [1.807, 2.05) is 0 Å². The zero-order valence-corrected chi connectivity index (χ0v) is 19.9. The van der Waals surface area contributed by atoms with Crippen LogP contribution in [0.15, 0.2) is 46.3 Å². The summed E-state index contributed by atoms with van der Waals surface area (Å²) in [4.78, 5) is 41.5. The van der Waals surface area contributed by atoms with E-state index >= 15 is 0 Å². The Morgan fingerprint density at radius 3 is 2.49 bits per heavy atom. The molecule has 1 aliphatic heterocycles. The van der Waals surface area contributed by atoms with Crippen LogP contribution in [0.5, 0.6) is 0 Å². The predicted molar refractivity (Wildman–Crippen MR) is 130 cm³/mol. The number of rotatable bonds is 10. The number of carboxylic acids is 1. The van der Waals surface area contributed by atoms with Crippen molar-refractivity contribution < 1.29 is 27.9 Å². The first-order chi connectivity index (χ1) is 16.6. The van der Waals surface area contributed by atoms with Crippen LogP contribution in [0, 0.1) is 5.92 Å². The summed E-state index contributed by atoms with van der Waals surface area (Å²) in [6.07, 6.45) is 1.49. The van der Waals surface area contributed by atoms with Crippen molar-refractivity contribution in [2.75, 3.05) is 19.6 Å². The highest BCUT2D eigenvalue weighted by atomic mass is 32.2. The second-order valence-corrected chi connectivity index (χ2v) is 10.1. The topological polar surface area (TPSA) is 185 Å². The number of hydrogen-bond acceptors (Lipinski definition) is 6. The summed E-state index contributed by atoms with van der Waals surface area (Å²) in [6.45, 7) is 0.611. The SMILES string of the molecule is NC(N)=NCCC[C@H](NS(=O)(=O)c1ccc2ccccc2c1C=O)C(=O)N1CCC(C(=O)O)CC1. The maximum atomic E-state index is 13.3. The predicted octanol–water partition coefficient (Wildman–Crippen LogP) is 0.676. The van der Waals surface area contributed by atoms with Gasteiger partial charge in [0.05, 0.1) is 10.8 Å². The number of fused-ring (bicyclic) bond motifs is 1. The van der Waals surface area contributed by atoms with Crippen molar-refractivity contribution in [3.05, 3.63) is 42.0 Å². The van der Waals surface area contributed by atoms with Gasteiger partial charge in [0, 0.05) is 25.2 Å². The lowest BCUT2D eigenvalue weighted by molar-refractivity contribution is -0.146. The van der Waals surface area contributed by atoms with Crippen LogP contribution in [-0.4, -0.2) is 68.2 Å². The van der Waals surface area contributed by atoms with Gasteiger partial charge in [-0.05, 0) is 42.5 Å². The number of piperidine rings is 1. The molecule has 3 rings (SSSR count). The van der Waals surface area contributed by atoms with Crippen LogP contribution in [-0.2, 0) is 19.6 Å². The first-order valence-electron chi connectivity index (χ1n) is 11.2. The summed E-state index contributed by atoms with van der Waals surface area (Å²) < 4.78 is 29.2. The molecule has 188 valence electrons. The minimum absolute atomic E-state index is 0.00424. The average Bonchev–Trinajstić information content (AvgIpc) is 2.84. The Kier molecular flexibility index (Phi) is 8.41. The molecule has 1 heterocycles. The minimum atomic E-state index is -4.26. The van der Waals surface area contributed by atoms with E-state index in [4.69, 9.17) is 11.5 Å². The molecule has 11 nitrogen and oxygen atoms in total. The van der Waals surface area contributed by atoms with Gasteiger partial charge in [0.1, 0.15) is 6.04 Å². The zero-order valence-electron chi connectivity index (χ0n) is 19.1. The lowest BCUT2D eigenvalue weighted by Gasteiger charge is -2.33. The minimum Gasteiger partial charge on any atom is -0.481 e. The monoisotopic (exact) mass is 503 g/mol. The number of carboxylic acid groups (broad SMARTS) is 1. The van der Waals surface area contributed by atoms with E-state index in [0.29, 0.717) is 23.5 Å². The molecule has 2 aromatic carbocycles. The van der Waals surface area contributed by atoms with Crippen LogP contribution in [0.1, 0.15) is 36.0 Å². The third kappa shape index (κ3) is 6.34. The maximum Gasteiger partial charge on any atom is 0.306 e. The Balaban J connectivity index is 1.86. The summed E-state index contributed by atoms with van der Waals surface area (Å²) >= 11 is 0. The first kappa shape index (κ1) is 26.1. The van der Waals surface area contributed by atoms with Crippen molar-refractivity contribution >= 4 is 44.9 Å². The highest BCUT2D eigenvalue weighted by molar-refractivity contribution is 7.89. The number of aldehydes is 1. The molecule has 2 aromatic rings. The molecular formula is C23H29N5O6S. The van der Waals surface area contributed by atoms with Crippen molar-refractivity contribution in [1.29, 1.82) is 0 Å². The molecule has 0 aliphatic carbocycles. The number of aliphatic imine (C=N–C) groups is 1. The van der Waals surface area contributed by atoms with Gasteiger partial charge in [-0.25, -0.2) is 8.42 Å². The van der Waals surface area contributed by atoms with Crippen LogP contribution in [0.3, 0.4) is 0 Å². The molecule has 35 heavy (non-hydrogen) atoms. The second-order valence-electron chi connectivity index (χ2n) is 8.38. The van der Waals surface area contributed by atoms with Crippen LogP contribution in [0.2, 0.25) is 0 Å². The van der Waals surface area contributed by atoms with Crippen LogP contribution in [0.4, 0.5) is 0 Å². The van der Waals surface area contributed by atoms with Gasteiger partial charge in [-0.1, -0.05) is 30.3 Å². The highest BCUT2D eigenvalue weighted by Gasteiger charge is 2.33. The van der Waals surface area contributed by atoms with E-state index in [1.54, 1.807) is 30.3 Å².